The van der Waals surface area contributed by atoms with Crippen molar-refractivity contribution in [2.45, 2.75) is 78.7 Å². The topological polar surface area (TPSA) is 46.5 Å². The zero-order chi connectivity index (χ0) is 17.2. The SMILES string of the molecule is COC(=O)CCCC[C@@H]1[C@H]2[C@H](C)[C@@H](O)C(C)C[C@]2(C)CC[C@@H]1C. The third kappa shape index (κ3) is 3.92. The highest BCUT2D eigenvalue weighted by molar-refractivity contribution is 5.68. The fraction of sp³-hybridized carbons (Fsp3) is 0.950. The van der Waals surface area contributed by atoms with Crippen molar-refractivity contribution < 1.29 is 14.6 Å². The van der Waals surface area contributed by atoms with Gasteiger partial charge >= 0.3 is 5.97 Å². The van der Waals surface area contributed by atoms with E-state index in [1.807, 2.05) is 0 Å². The first-order chi connectivity index (χ1) is 10.8. The van der Waals surface area contributed by atoms with Crippen LogP contribution in [0, 0.1) is 35.0 Å². The van der Waals surface area contributed by atoms with Crippen LogP contribution in [0.15, 0.2) is 0 Å². The summed E-state index contributed by atoms with van der Waals surface area (Å²) in [5.74, 6) is 2.74. The van der Waals surface area contributed by atoms with E-state index in [-0.39, 0.29) is 12.1 Å². The fourth-order valence-corrected chi connectivity index (χ4v) is 5.87. The van der Waals surface area contributed by atoms with Crippen LogP contribution in [0.1, 0.15) is 72.6 Å². The smallest absolute Gasteiger partial charge is 0.305 e. The van der Waals surface area contributed by atoms with Crippen LogP contribution in [0.3, 0.4) is 0 Å². The minimum absolute atomic E-state index is 0.0955. The molecule has 0 aromatic heterocycles. The molecule has 2 fully saturated rings. The molecule has 7 atom stereocenters. The van der Waals surface area contributed by atoms with Crippen molar-refractivity contribution >= 4 is 5.97 Å². The molecule has 3 heteroatoms. The fourth-order valence-electron chi connectivity index (χ4n) is 5.87. The van der Waals surface area contributed by atoms with E-state index in [4.69, 9.17) is 4.74 Å². The number of aliphatic hydroxyl groups excluding tert-OH is 1. The van der Waals surface area contributed by atoms with Crippen molar-refractivity contribution in [1.82, 2.24) is 0 Å². The molecule has 0 heterocycles. The Morgan fingerprint density at radius 2 is 1.91 bits per heavy atom. The van der Waals surface area contributed by atoms with Gasteiger partial charge in [0.2, 0.25) is 0 Å². The van der Waals surface area contributed by atoms with E-state index in [0.29, 0.717) is 35.5 Å². The van der Waals surface area contributed by atoms with Gasteiger partial charge in [0, 0.05) is 6.42 Å². The van der Waals surface area contributed by atoms with Crippen LogP contribution >= 0.6 is 0 Å². The number of hydrogen-bond acceptors (Lipinski definition) is 3. The van der Waals surface area contributed by atoms with Gasteiger partial charge in [-0.3, -0.25) is 4.79 Å². The highest BCUT2D eigenvalue weighted by Gasteiger charge is 2.52. The Labute approximate surface area is 142 Å². The van der Waals surface area contributed by atoms with Crippen molar-refractivity contribution in [3.05, 3.63) is 0 Å². The summed E-state index contributed by atoms with van der Waals surface area (Å²) < 4.78 is 4.74. The van der Waals surface area contributed by atoms with Crippen LogP contribution in [0.5, 0.6) is 0 Å². The number of hydrogen-bond donors (Lipinski definition) is 1. The van der Waals surface area contributed by atoms with Crippen LogP contribution < -0.4 is 0 Å². The van der Waals surface area contributed by atoms with Gasteiger partial charge in [-0.2, -0.15) is 0 Å². The molecule has 0 saturated heterocycles. The molecule has 0 amide bonds. The summed E-state index contributed by atoms with van der Waals surface area (Å²) in [4.78, 5) is 11.3. The molecule has 0 radical (unpaired) electrons. The Bertz CT molecular complexity index is 408. The number of ether oxygens (including phenoxy) is 1. The Balaban J connectivity index is 2.03. The van der Waals surface area contributed by atoms with Gasteiger partial charge < -0.3 is 9.84 Å². The molecule has 0 spiro atoms. The monoisotopic (exact) mass is 324 g/mol. The zero-order valence-corrected chi connectivity index (χ0v) is 15.7. The second kappa shape index (κ2) is 7.55. The average Bonchev–Trinajstić information content (AvgIpc) is 2.51. The molecule has 134 valence electrons. The number of methoxy groups -OCH3 is 1. The van der Waals surface area contributed by atoms with E-state index in [1.165, 1.54) is 26.4 Å². The average molecular weight is 325 g/mol. The van der Waals surface area contributed by atoms with Gasteiger partial charge in [0.25, 0.3) is 0 Å². The lowest BCUT2D eigenvalue weighted by molar-refractivity contribution is -0.140. The molecule has 23 heavy (non-hydrogen) atoms. The van der Waals surface area contributed by atoms with Crippen molar-refractivity contribution in [3.8, 4) is 0 Å². The molecule has 1 unspecified atom stereocenters. The number of carbonyl (C=O) groups is 1. The maximum Gasteiger partial charge on any atom is 0.305 e. The Hall–Kier alpha value is -0.570. The second-order valence-electron chi connectivity index (χ2n) is 8.71. The minimum Gasteiger partial charge on any atom is -0.469 e. The molecule has 0 aliphatic heterocycles. The molecule has 1 N–H and O–H groups in total. The third-order valence-corrected chi connectivity index (χ3v) is 7.04. The highest BCUT2D eigenvalue weighted by atomic mass is 16.5. The van der Waals surface area contributed by atoms with Crippen LogP contribution in [0.4, 0.5) is 0 Å². The summed E-state index contributed by atoms with van der Waals surface area (Å²) in [6.45, 7) is 9.33. The van der Waals surface area contributed by atoms with Gasteiger partial charge in [-0.15, -0.1) is 0 Å². The molecule has 3 nitrogen and oxygen atoms in total. The van der Waals surface area contributed by atoms with Crippen LogP contribution in [-0.4, -0.2) is 24.3 Å². The highest BCUT2D eigenvalue weighted by Crippen LogP contribution is 2.58. The van der Waals surface area contributed by atoms with Gasteiger partial charge in [-0.1, -0.05) is 34.1 Å². The summed E-state index contributed by atoms with van der Waals surface area (Å²) in [6.07, 6.45) is 7.36. The number of esters is 1. The van der Waals surface area contributed by atoms with Gasteiger partial charge in [0.05, 0.1) is 13.2 Å². The van der Waals surface area contributed by atoms with E-state index in [1.54, 1.807) is 0 Å². The Morgan fingerprint density at radius 3 is 2.57 bits per heavy atom. The molecule has 0 aromatic carbocycles. The number of fused-ring (bicyclic) bond motifs is 1. The summed E-state index contributed by atoms with van der Waals surface area (Å²) in [5, 5.41) is 10.6. The Morgan fingerprint density at radius 1 is 1.22 bits per heavy atom. The molecule has 2 aliphatic carbocycles. The summed E-state index contributed by atoms with van der Waals surface area (Å²) in [7, 11) is 1.46. The van der Waals surface area contributed by atoms with Gasteiger partial charge in [-0.05, 0) is 67.1 Å². The summed E-state index contributed by atoms with van der Waals surface area (Å²) >= 11 is 0. The van der Waals surface area contributed by atoms with Crippen molar-refractivity contribution in [2.75, 3.05) is 7.11 Å². The van der Waals surface area contributed by atoms with Crippen molar-refractivity contribution in [2.24, 2.45) is 35.0 Å². The number of aliphatic hydroxyl groups is 1. The quantitative estimate of drug-likeness (QED) is 0.601. The van der Waals surface area contributed by atoms with Crippen LogP contribution in [0.25, 0.3) is 0 Å². The van der Waals surface area contributed by atoms with Gasteiger partial charge in [-0.25, -0.2) is 0 Å². The lowest BCUT2D eigenvalue weighted by atomic mass is 9.48. The first kappa shape index (κ1) is 18.8. The van der Waals surface area contributed by atoms with Crippen molar-refractivity contribution in [1.29, 1.82) is 0 Å². The predicted octanol–water partition coefficient (Wildman–Crippen LogP) is 4.43. The van der Waals surface area contributed by atoms with Crippen molar-refractivity contribution in [3.63, 3.8) is 0 Å². The van der Waals surface area contributed by atoms with E-state index in [9.17, 15) is 9.90 Å². The van der Waals surface area contributed by atoms with Gasteiger partial charge in [0.1, 0.15) is 0 Å². The minimum atomic E-state index is -0.157. The second-order valence-corrected chi connectivity index (χ2v) is 8.71. The Kier molecular flexibility index (Phi) is 6.16. The zero-order valence-electron chi connectivity index (χ0n) is 15.7. The number of unbranched alkanes of at least 4 members (excludes halogenated alkanes) is 1. The van der Waals surface area contributed by atoms with E-state index >= 15 is 0 Å². The number of carbonyl (C=O) groups excluding carboxylic acids is 1. The third-order valence-electron chi connectivity index (χ3n) is 7.04. The first-order valence-corrected chi connectivity index (χ1v) is 9.55. The molecule has 2 saturated carbocycles. The van der Waals surface area contributed by atoms with E-state index < -0.39 is 0 Å². The molecule has 0 aromatic rings. The van der Waals surface area contributed by atoms with E-state index in [2.05, 4.69) is 27.7 Å². The lowest BCUT2D eigenvalue weighted by Crippen LogP contribution is -2.53. The lowest BCUT2D eigenvalue weighted by Gasteiger charge is -2.57. The molecule has 2 rings (SSSR count). The summed E-state index contributed by atoms with van der Waals surface area (Å²) in [5.41, 5.74) is 0.386. The van der Waals surface area contributed by atoms with Crippen LogP contribution in [-0.2, 0) is 9.53 Å². The molecular weight excluding hydrogens is 288 g/mol. The van der Waals surface area contributed by atoms with Gasteiger partial charge in [0.15, 0.2) is 0 Å². The normalized spacial score (nSPS) is 43.7. The maximum absolute atomic E-state index is 11.3. The van der Waals surface area contributed by atoms with Crippen LogP contribution in [0.2, 0.25) is 0 Å². The summed E-state index contributed by atoms with van der Waals surface area (Å²) in [6, 6.07) is 0. The molecular formula is C20H36O3. The molecule has 0 bridgehead atoms. The number of rotatable bonds is 5. The predicted molar refractivity (Wildman–Crippen MR) is 92.9 cm³/mol. The maximum atomic E-state index is 11.3. The molecule has 2 aliphatic rings. The largest absolute Gasteiger partial charge is 0.469 e. The first-order valence-electron chi connectivity index (χ1n) is 9.55. The van der Waals surface area contributed by atoms with E-state index in [0.717, 1.165) is 25.2 Å². The standard InChI is InChI=1S/C20H36O3/c1-13-10-11-20(4)12-14(2)19(22)15(3)18(20)16(13)8-6-7-9-17(21)23-5/h13-16,18-19,22H,6-12H2,1-5H3/t13-,14?,15-,16-,18+,19-,20-/m0/s1.